The highest BCUT2D eigenvalue weighted by Crippen LogP contribution is 2.34. The van der Waals surface area contributed by atoms with E-state index in [9.17, 15) is 4.79 Å². The van der Waals surface area contributed by atoms with E-state index in [2.05, 4.69) is 6.92 Å². The van der Waals surface area contributed by atoms with E-state index in [1.165, 1.54) is 16.7 Å². The first-order valence-electron chi connectivity index (χ1n) is 5.00. The zero-order valence-corrected chi connectivity index (χ0v) is 10.8. The first-order valence-corrected chi connectivity index (χ1v) is 6.23. The molecule has 16 heavy (non-hydrogen) atoms. The van der Waals surface area contributed by atoms with Gasteiger partial charge in [0.25, 0.3) is 5.91 Å². The average molecular weight is 252 g/mol. The summed E-state index contributed by atoms with van der Waals surface area (Å²) in [6.07, 6.45) is 7.81. The quantitative estimate of drug-likeness (QED) is 0.527. The van der Waals surface area contributed by atoms with E-state index < -0.39 is 0 Å². The predicted molar refractivity (Wildman–Crippen MR) is 70.6 cm³/mol. The van der Waals surface area contributed by atoms with E-state index in [-0.39, 0.29) is 5.91 Å². The number of allylic oxidation sites excluding steroid dienone is 3. The summed E-state index contributed by atoms with van der Waals surface area (Å²) in [5, 5.41) is 0. The fraction of sp³-hybridized carbons (Fsp3) is 0.273. The lowest BCUT2D eigenvalue weighted by molar-refractivity contribution is -0.121. The van der Waals surface area contributed by atoms with Crippen LogP contribution in [0.2, 0.25) is 0 Å². The molecule has 2 rings (SSSR count). The predicted octanol–water partition coefficient (Wildman–Crippen LogP) is 2.09. The third-order valence-corrected chi connectivity index (χ3v) is 4.04. The second kappa shape index (κ2) is 4.43. The molecular weight excluding hydrogens is 240 g/mol. The van der Waals surface area contributed by atoms with Gasteiger partial charge in [-0.25, -0.2) is 0 Å². The molecule has 3 nitrogen and oxygen atoms in total. The van der Waals surface area contributed by atoms with E-state index >= 15 is 0 Å². The normalized spacial score (nSPS) is 24.9. The Kier molecular flexibility index (Phi) is 3.16. The van der Waals surface area contributed by atoms with Crippen molar-refractivity contribution in [3.05, 3.63) is 35.0 Å². The third-order valence-electron chi connectivity index (χ3n) is 2.48. The van der Waals surface area contributed by atoms with Crippen LogP contribution >= 0.6 is 24.0 Å². The third kappa shape index (κ3) is 1.81. The summed E-state index contributed by atoms with van der Waals surface area (Å²) >= 11 is 6.48. The average Bonchev–Trinajstić information content (AvgIpc) is 2.57. The molecule has 0 unspecified atom stereocenters. The molecule has 0 bridgehead atoms. The maximum Gasteiger partial charge on any atom is 0.268 e. The molecule has 0 radical (unpaired) electrons. The Morgan fingerprint density at radius 2 is 2.19 bits per heavy atom. The highest BCUT2D eigenvalue weighted by atomic mass is 32.2. The number of hydrogen-bond donors (Lipinski definition) is 0. The van der Waals surface area contributed by atoms with Crippen LogP contribution in [0.5, 0.6) is 0 Å². The van der Waals surface area contributed by atoms with Gasteiger partial charge in [-0.15, -0.1) is 0 Å². The Morgan fingerprint density at radius 1 is 1.44 bits per heavy atom. The van der Waals surface area contributed by atoms with Gasteiger partial charge in [-0.2, -0.15) is 0 Å². The van der Waals surface area contributed by atoms with Crippen LogP contribution in [0, 0.1) is 0 Å². The number of rotatable bonds is 1. The van der Waals surface area contributed by atoms with E-state index in [4.69, 9.17) is 12.2 Å². The Bertz CT molecular complexity index is 437. The van der Waals surface area contributed by atoms with Crippen molar-refractivity contribution in [2.75, 3.05) is 13.6 Å². The summed E-state index contributed by atoms with van der Waals surface area (Å²) in [6, 6.07) is 0. The molecule has 2 heterocycles. The Morgan fingerprint density at radius 3 is 2.75 bits per heavy atom. The van der Waals surface area contributed by atoms with Gasteiger partial charge in [0.15, 0.2) is 0 Å². The van der Waals surface area contributed by atoms with Crippen LogP contribution in [0.15, 0.2) is 35.0 Å². The molecule has 1 fully saturated rings. The Labute approximate surface area is 104 Å². The van der Waals surface area contributed by atoms with E-state index in [1.807, 2.05) is 29.3 Å². The van der Waals surface area contributed by atoms with E-state index in [0.29, 0.717) is 4.32 Å². The Hall–Kier alpha value is -1.07. The molecule has 0 aliphatic carbocycles. The monoisotopic (exact) mass is 252 g/mol. The molecule has 0 atom stereocenters. The lowest BCUT2D eigenvalue weighted by atomic mass is 10.2. The minimum absolute atomic E-state index is 0.0107. The highest BCUT2D eigenvalue weighted by molar-refractivity contribution is 8.26. The summed E-state index contributed by atoms with van der Waals surface area (Å²) in [5.41, 5.74) is 0.937. The molecule has 0 N–H and O–H groups in total. The van der Waals surface area contributed by atoms with Crippen LogP contribution in [0.1, 0.15) is 6.92 Å². The van der Waals surface area contributed by atoms with Crippen molar-refractivity contribution >= 4 is 34.2 Å². The molecule has 0 aromatic heterocycles. The van der Waals surface area contributed by atoms with Crippen molar-refractivity contribution in [1.82, 2.24) is 9.80 Å². The first kappa shape index (κ1) is 11.4. The number of carbonyl (C=O) groups is 1. The maximum absolute atomic E-state index is 12.0. The van der Waals surface area contributed by atoms with Crippen LogP contribution in [0.4, 0.5) is 0 Å². The summed E-state index contributed by atoms with van der Waals surface area (Å²) in [4.78, 5) is 16.2. The lowest BCUT2D eigenvalue weighted by Gasteiger charge is -2.22. The van der Waals surface area contributed by atoms with Crippen molar-refractivity contribution < 1.29 is 4.79 Å². The van der Waals surface area contributed by atoms with Crippen molar-refractivity contribution in [2.45, 2.75) is 6.92 Å². The summed E-state index contributed by atoms with van der Waals surface area (Å²) in [5.74, 6) is -0.0107. The van der Waals surface area contributed by atoms with Gasteiger partial charge in [0.1, 0.15) is 9.23 Å². The fourth-order valence-corrected chi connectivity index (χ4v) is 2.80. The van der Waals surface area contributed by atoms with Crippen molar-refractivity contribution in [3.63, 3.8) is 0 Å². The van der Waals surface area contributed by atoms with E-state index in [1.54, 1.807) is 7.05 Å². The number of nitrogens with zero attached hydrogens (tertiary/aromatic N) is 2. The van der Waals surface area contributed by atoms with E-state index in [0.717, 1.165) is 17.1 Å². The van der Waals surface area contributed by atoms with Gasteiger partial charge in [-0.3, -0.25) is 9.69 Å². The van der Waals surface area contributed by atoms with Crippen molar-refractivity contribution in [1.29, 1.82) is 0 Å². The molecule has 0 aromatic rings. The molecule has 2 aliphatic heterocycles. The fourth-order valence-electron chi connectivity index (χ4n) is 1.55. The number of amides is 1. The summed E-state index contributed by atoms with van der Waals surface area (Å²) < 4.78 is 0.617. The standard InChI is InChI=1S/C11H12N2OS2/c1-3-13-7-5-4-6-8(13)9-10(14)12(2)11(15)16-9/h4-7H,3H2,1-2H3. The van der Waals surface area contributed by atoms with Crippen LogP contribution in [-0.2, 0) is 4.79 Å². The molecule has 1 amide bonds. The molecule has 84 valence electrons. The van der Waals surface area contributed by atoms with Gasteiger partial charge < -0.3 is 4.90 Å². The second-order valence-corrected chi connectivity index (χ2v) is 5.08. The number of hydrogen-bond acceptors (Lipinski definition) is 4. The molecule has 0 spiro atoms. The van der Waals surface area contributed by atoms with Crippen molar-refractivity contribution in [2.24, 2.45) is 0 Å². The van der Waals surface area contributed by atoms with Gasteiger partial charge in [0.05, 0.1) is 5.70 Å². The van der Waals surface area contributed by atoms with Gasteiger partial charge in [-0.05, 0) is 19.1 Å². The lowest BCUT2D eigenvalue weighted by Crippen LogP contribution is -2.25. The SMILES string of the molecule is CCN1C=CC=CC1=C1SC(=S)N(C)C1=O. The van der Waals surface area contributed by atoms with Gasteiger partial charge in [0.2, 0.25) is 0 Å². The Balaban J connectivity index is 2.42. The zero-order valence-electron chi connectivity index (χ0n) is 9.14. The smallest absolute Gasteiger partial charge is 0.268 e. The topological polar surface area (TPSA) is 23.6 Å². The van der Waals surface area contributed by atoms with Gasteiger partial charge in [-0.1, -0.05) is 30.1 Å². The minimum atomic E-state index is -0.0107. The molecule has 0 aromatic carbocycles. The molecule has 1 saturated heterocycles. The van der Waals surface area contributed by atoms with Crippen LogP contribution < -0.4 is 0 Å². The maximum atomic E-state index is 12.0. The largest absolute Gasteiger partial charge is 0.347 e. The molecular formula is C11H12N2OS2. The summed E-state index contributed by atoms with van der Waals surface area (Å²) in [6.45, 7) is 2.89. The molecule has 5 heteroatoms. The minimum Gasteiger partial charge on any atom is -0.347 e. The second-order valence-electron chi connectivity index (χ2n) is 3.43. The van der Waals surface area contributed by atoms with Crippen molar-refractivity contribution in [3.8, 4) is 0 Å². The van der Waals surface area contributed by atoms with Gasteiger partial charge >= 0.3 is 0 Å². The molecule has 2 aliphatic rings. The summed E-state index contributed by atoms with van der Waals surface area (Å²) in [7, 11) is 1.71. The molecule has 0 saturated carbocycles. The van der Waals surface area contributed by atoms with Crippen LogP contribution in [0.25, 0.3) is 0 Å². The first-order chi connectivity index (χ1) is 7.65. The number of thiocarbonyl (C=S) groups is 1. The highest BCUT2D eigenvalue weighted by Gasteiger charge is 2.32. The van der Waals surface area contributed by atoms with Crippen LogP contribution in [0.3, 0.4) is 0 Å². The number of thioether (sulfide) groups is 1. The number of carbonyl (C=O) groups excluding carboxylic acids is 1. The van der Waals surface area contributed by atoms with Gasteiger partial charge in [0, 0.05) is 19.8 Å². The number of likely N-dealkylation sites (N-methyl/N-ethyl adjacent to an activating group) is 2. The van der Waals surface area contributed by atoms with Crippen LogP contribution in [-0.4, -0.2) is 33.6 Å². The zero-order chi connectivity index (χ0) is 11.7.